The number of nitriles is 1. The van der Waals surface area contributed by atoms with E-state index in [0.29, 0.717) is 27.5 Å². The lowest BCUT2D eigenvalue weighted by Gasteiger charge is -2.22. The molecule has 1 fully saturated rings. The van der Waals surface area contributed by atoms with E-state index in [4.69, 9.17) is 11.6 Å². The fourth-order valence-corrected chi connectivity index (χ4v) is 3.74. The van der Waals surface area contributed by atoms with Gasteiger partial charge in [-0.05, 0) is 43.7 Å². The van der Waals surface area contributed by atoms with Crippen LogP contribution >= 0.6 is 11.6 Å². The molecule has 1 aromatic heterocycles. The molecule has 8 heteroatoms. The SMILES string of the molecule is Cc1nn(-c2ccccc2)c(CN2C(=O)NC(C)(c3ccc(Cl)cc3)C2=O)c1C#N. The van der Waals surface area contributed by atoms with Crippen molar-refractivity contribution in [2.45, 2.75) is 25.9 Å². The molecule has 0 saturated carbocycles. The summed E-state index contributed by atoms with van der Waals surface area (Å²) in [6.07, 6.45) is 0. The zero-order valence-electron chi connectivity index (χ0n) is 16.4. The summed E-state index contributed by atoms with van der Waals surface area (Å²) in [6, 6.07) is 17.7. The highest BCUT2D eigenvalue weighted by atomic mass is 35.5. The number of aromatic nitrogens is 2. The van der Waals surface area contributed by atoms with E-state index in [2.05, 4.69) is 16.5 Å². The fourth-order valence-electron chi connectivity index (χ4n) is 3.62. The summed E-state index contributed by atoms with van der Waals surface area (Å²) < 4.78 is 1.60. The van der Waals surface area contributed by atoms with Crippen molar-refractivity contribution < 1.29 is 9.59 Å². The maximum Gasteiger partial charge on any atom is 0.325 e. The van der Waals surface area contributed by atoms with Gasteiger partial charge in [-0.15, -0.1) is 0 Å². The first kappa shape index (κ1) is 19.7. The van der Waals surface area contributed by atoms with Crippen LogP contribution in [-0.2, 0) is 16.9 Å². The Morgan fingerprint density at radius 2 is 1.80 bits per heavy atom. The Hall–Kier alpha value is -3.63. The third kappa shape index (κ3) is 3.11. The van der Waals surface area contributed by atoms with Crippen LogP contribution in [0.5, 0.6) is 0 Å². The maximum atomic E-state index is 13.3. The van der Waals surface area contributed by atoms with E-state index in [9.17, 15) is 14.9 Å². The zero-order chi connectivity index (χ0) is 21.5. The molecule has 1 atom stereocenters. The van der Waals surface area contributed by atoms with Crippen LogP contribution in [0.1, 0.15) is 29.4 Å². The molecular weight excluding hydrogens is 402 g/mol. The van der Waals surface area contributed by atoms with Gasteiger partial charge in [0.25, 0.3) is 5.91 Å². The van der Waals surface area contributed by atoms with Crippen LogP contribution in [0, 0.1) is 18.3 Å². The lowest BCUT2D eigenvalue weighted by Crippen LogP contribution is -2.40. The number of aryl methyl sites for hydroxylation is 1. The number of benzene rings is 2. The number of amides is 3. The van der Waals surface area contributed by atoms with Crippen molar-refractivity contribution in [1.29, 1.82) is 5.26 Å². The Morgan fingerprint density at radius 3 is 2.43 bits per heavy atom. The zero-order valence-corrected chi connectivity index (χ0v) is 17.1. The lowest BCUT2D eigenvalue weighted by molar-refractivity contribution is -0.131. The van der Waals surface area contributed by atoms with Gasteiger partial charge < -0.3 is 5.32 Å². The van der Waals surface area contributed by atoms with Gasteiger partial charge in [-0.2, -0.15) is 10.4 Å². The molecule has 2 aromatic carbocycles. The summed E-state index contributed by atoms with van der Waals surface area (Å²) in [5.74, 6) is -0.405. The molecule has 30 heavy (non-hydrogen) atoms. The van der Waals surface area contributed by atoms with Crippen LogP contribution in [0.15, 0.2) is 54.6 Å². The van der Waals surface area contributed by atoms with Crippen molar-refractivity contribution in [2.75, 3.05) is 0 Å². The molecule has 0 aliphatic carbocycles. The number of imide groups is 1. The van der Waals surface area contributed by atoms with E-state index in [1.54, 1.807) is 42.8 Å². The summed E-state index contributed by atoms with van der Waals surface area (Å²) in [5, 5.41) is 17.4. The average molecular weight is 420 g/mol. The lowest BCUT2D eigenvalue weighted by atomic mass is 9.92. The number of urea groups is 1. The quantitative estimate of drug-likeness (QED) is 0.653. The highest BCUT2D eigenvalue weighted by molar-refractivity contribution is 6.30. The van der Waals surface area contributed by atoms with E-state index < -0.39 is 17.5 Å². The van der Waals surface area contributed by atoms with Crippen LogP contribution in [0.4, 0.5) is 4.79 Å². The highest BCUT2D eigenvalue weighted by Crippen LogP contribution is 2.31. The van der Waals surface area contributed by atoms with Gasteiger partial charge in [0.2, 0.25) is 0 Å². The summed E-state index contributed by atoms with van der Waals surface area (Å²) in [5.41, 5.74) is 1.50. The molecule has 1 N–H and O–H groups in total. The molecule has 1 aliphatic rings. The molecule has 0 radical (unpaired) electrons. The van der Waals surface area contributed by atoms with Crippen LogP contribution in [0.2, 0.25) is 5.02 Å². The Labute approximate surface area is 178 Å². The number of hydrogen-bond donors (Lipinski definition) is 1. The molecule has 1 saturated heterocycles. The number of para-hydroxylation sites is 1. The number of halogens is 1. The molecule has 2 heterocycles. The summed E-state index contributed by atoms with van der Waals surface area (Å²) in [7, 11) is 0. The van der Waals surface area contributed by atoms with Gasteiger partial charge in [0.1, 0.15) is 11.6 Å². The first-order chi connectivity index (χ1) is 14.3. The molecule has 4 rings (SSSR count). The monoisotopic (exact) mass is 419 g/mol. The molecule has 7 nitrogen and oxygen atoms in total. The van der Waals surface area contributed by atoms with Crippen LogP contribution in [0.25, 0.3) is 5.69 Å². The van der Waals surface area contributed by atoms with Crippen molar-refractivity contribution in [3.05, 3.63) is 82.1 Å². The minimum Gasteiger partial charge on any atom is -0.319 e. The van der Waals surface area contributed by atoms with Crippen LogP contribution in [-0.4, -0.2) is 26.6 Å². The second-order valence-electron chi connectivity index (χ2n) is 7.22. The minimum absolute atomic E-state index is 0.0769. The molecule has 3 aromatic rings. The number of carbonyl (C=O) groups is 2. The van der Waals surface area contributed by atoms with Crippen LogP contribution < -0.4 is 5.32 Å². The maximum absolute atomic E-state index is 13.3. The molecule has 150 valence electrons. The van der Waals surface area contributed by atoms with Crippen molar-refractivity contribution >= 4 is 23.5 Å². The molecular formula is C22H18ClN5O2. The predicted molar refractivity (Wildman–Crippen MR) is 111 cm³/mol. The van der Waals surface area contributed by atoms with Crippen LogP contribution in [0.3, 0.4) is 0 Å². The molecule has 0 bridgehead atoms. The Morgan fingerprint density at radius 1 is 1.13 bits per heavy atom. The molecule has 0 spiro atoms. The van der Waals surface area contributed by atoms with Crippen molar-refractivity contribution in [1.82, 2.24) is 20.0 Å². The third-order valence-electron chi connectivity index (χ3n) is 5.27. The standard InChI is InChI=1S/C22H18ClN5O2/c1-14-18(12-24)19(28(26-14)17-6-4-3-5-7-17)13-27-20(29)22(2,25-21(27)30)15-8-10-16(23)11-9-15/h3-11H,13H2,1-2H3,(H,25,30). The van der Waals surface area contributed by atoms with E-state index in [1.165, 1.54) is 0 Å². The van der Waals surface area contributed by atoms with Gasteiger partial charge in [0.15, 0.2) is 0 Å². The smallest absolute Gasteiger partial charge is 0.319 e. The number of hydrogen-bond acceptors (Lipinski definition) is 4. The number of nitrogens with zero attached hydrogens (tertiary/aromatic N) is 4. The summed E-state index contributed by atoms with van der Waals surface area (Å²) >= 11 is 5.95. The third-order valence-corrected chi connectivity index (χ3v) is 5.53. The van der Waals surface area contributed by atoms with E-state index >= 15 is 0 Å². The Kier molecular flexibility index (Phi) is 4.80. The number of nitrogens with one attached hydrogen (secondary N) is 1. The van der Waals surface area contributed by atoms with Gasteiger partial charge in [0.05, 0.1) is 29.2 Å². The fraction of sp³-hybridized carbons (Fsp3) is 0.182. The summed E-state index contributed by atoms with van der Waals surface area (Å²) in [6.45, 7) is 3.30. The van der Waals surface area contributed by atoms with Gasteiger partial charge in [-0.3, -0.25) is 9.69 Å². The van der Waals surface area contributed by atoms with E-state index in [-0.39, 0.29) is 6.54 Å². The molecule has 1 unspecified atom stereocenters. The molecule has 1 aliphatic heterocycles. The number of rotatable bonds is 4. The van der Waals surface area contributed by atoms with Crippen molar-refractivity contribution in [3.8, 4) is 11.8 Å². The normalized spacial score (nSPS) is 18.4. The van der Waals surface area contributed by atoms with Gasteiger partial charge in [-0.1, -0.05) is 41.9 Å². The second kappa shape index (κ2) is 7.32. The highest BCUT2D eigenvalue weighted by Gasteiger charge is 2.49. The largest absolute Gasteiger partial charge is 0.325 e. The van der Waals surface area contributed by atoms with Gasteiger partial charge in [0, 0.05) is 5.02 Å². The topological polar surface area (TPSA) is 91.0 Å². The second-order valence-corrected chi connectivity index (χ2v) is 7.66. The van der Waals surface area contributed by atoms with Gasteiger partial charge in [-0.25, -0.2) is 9.48 Å². The van der Waals surface area contributed by atoms with E-state index in [0.717, 1.165) is 10.6 Å². The first-order valence-electron chi connectivity index (χ1n) is 9.29. The first-order valence-corrected chi connectivity index (χ1v) is 9.67. The Balaban J connectivity index is 1.73. The predicted octanol–water partition coefficient (Wildman–Crippen LogP) is 3.67. The van der Waals surface area contributed by atoms with Gasteiger partial charge >= 0.3 is 6.03 Å². The number of carbonyl (C=O) groups excluding carboxylic acids is 2. The average Bonchev–Trinajstić information content (AvgIpc) is 3.17. The van der Waals surface area contributed by atoms with Crippen molar-refractivity contribution in [2.24, 2.45) is 0 Å². The molecule has 3 amide bonds. The van der Waals surface area contributed by atoms with Crippen molar-refractivity contribution in [3.63, 3.8) is 0 Å². The van der Waals surface area contributed by atoms with E-state index in [1.807, 2.05) is 30.3 Å². The summed E-state index contributed by atoms with van der Waals surface area (Å²) in [4.78, 5) is 27.1. The minimum atomic E-state index is -1.22. The Bertz CT molecular complexity index is 1180.